The van der Waals surface area contributed by atoms with Crippen LogP contribution in [0.1, 0.15) is 37.9 Å². The zero-order valence-corrected chi connectivity index (χ0v) is 15.1. The second-order valence-corrected chi connectivity index (χ2v) is 6.30. The third kappa shape index (κ3) is 5.60. The molecule has 136 valence electrons. The van der Waals surface area contributed by atoms with Crippen molar-refractivity contribution in [3.8, 4) is 11.5 Å². The van der Waals surface area contributed by atoms with Gasteiger partial charge in [-0.1, -0.05) is 31.5 Å². The standard InChI is InChI=1S/C19H27N3O3/c1-4-19(24,5-2)13-21-18(23)20-11-10-16-12-25-17(22-16)15-8-6-14(3)7-9-15/h6-9,12,24H,4-5,10-11,13H2,1-3H3,(H2,20,21,23). The zero-order chi connectivity index (χ0) is 18.3. The minimum atomic E-state index is -0.841. The summed E-state index contributed by atoms with van der Waals surface area (Å²) in [4.78, 5) is 16.2. The number of aromatic nitrogens is 1. The number of aliphatic hydroxyl groups is 1. The molecular weight excluding hydrogens is 318 g/mol. The fraction of sp³-hybridized carbons (Fsp3) is 0.474. The van der Waals surface area contributed by atoms with Crippen LogP contribution in [0.3, 0.4) is 0 Å². The summed E-state index contributed by atoms with van der Waals surface area (Å²) in [6.45, 7) is 6.53. The molecule has 6 nitrogen and oxygen atoms in total. The van der Waals surface area contributed by atoms with Crippen molar-refractivity contribution in [1.29, 1.82) is 0 Å². The molecule has 0 atom stereocenters. The first kappa shape index (κ1) is 19.0. The summed E-state index contributed by atoms with van der Waals surface area (Å²) < 4.78 is 5.50. The van der Waals surface area contributed by atoms with E-state index >= 15 is 0 Å². The summed E-state index contributed by atoms with van der Waals surface area (Å²) in [7, 11) is 0. The Morgan fingerprint density at radius 3 is 2.52 bits per heavy atom. The molecule has 0 saturated carbocycles. The van der Waals surface area contributed by atoms with Gasteiger partial charge in [-0.05, 0) is 31.9 Å². The van der Waals surface area contributed by atoms with E-state index < -0.39 is 5.60 Å². The second kappa shape index (κ2) is 8.67. The molecule has 0 bridgehead atoms. The van der Waals surface area contributed by atoms with Crippen molar-refractivity contribution >= 4 is 6.03 Å². The topological polar surface area (TPSA) is 87.4 Å². The van der Waals surface area contributed by atoms with Crippen LogP contribution in [-0.4, -0.2) is 34.8 Å². The number of nitrogens with zero attached hydrogens (tertiary/aromatic N) is 1. The van der Waals surface area contributed by atoms with Gasteiger partial charge in [0.2, 0.25) is 5.89 Å². The number of amides is 2. The number of rotatable bonds is 8. The number of urea groups is 1. The number of nitrogens with one attached hydrogen (secondary N) is 2. The molecule has 0 radical (unpaired) electrons. The summed E-state index contributed by atoms with van der Waals surface area (Å²) in [6, 6.07) is 7.68. The van der Waals surface area contributed by atoms with Crippen molar-refractivity contribution in [3.63, 3.8) is 0 Å². The summed E-state index contributed by atoms with van der Waals surface area (Å²) in [6.07, 6.45) is 3.39. The maximum absolute atomic E-state index is 11.8. The zero-order valence-electron chi connectivity index (χ0n) is 15.1. The minimum Gasteiger partial charge on any atom is -0.444 e. The Morgan fingerprint density at radius 1 is 1.20 bits per heavy atom. The van der Waals surface area contributed by atoms with E-state index in [-0.39, 0.29) is 12.6 Å². The van der Waals surface area contributed by atoms with Crippen molar-refractivity contribution in [2.45, 2.75) is 45.6 Å². The fourth-order valence-corrected chi connectivity index (χ4v) is 2.36. The number of oxazole rings is 1. The molecule has 1 aromatic carbocycles. The molecule has 2 aromatic rings. The van der Waals surface area contributed by atoms with Gasteiger partial charge in [-0.3, -0.25) is 0 Å². The molecule has 1 aromatic heterocycles. The molecule has 25 heavy (non-hydrogen) atoms. The Kier molecular flexibility index (Phi) is 6.58. The fourth-order valence-electron chi connectivity index (χ4n) is 2.36. The first-order chi connectivity index (χ1) is 12.0. The van der Waals surface area contributed by atoms with Gasteiger partial charge in [0, 0.05) is 25.1 Å². The van der Waals surface area contributed by atoms with E-state index in [2.05, 4.69) is 15.6 Å². The van der Waals surface area contributed by atoms with Crippen molar-refractivity contribution < 1.29 is 14.3 Å². The lowest BCUT2D eigenvalue weighted by Crippen LogP contribution is -2.46. The molecule has 0 saturated heterocycles. The summed E-state index contributed by atoms with van der Waals surface area (Å²) in [5, 5.41) is 15.6. The molecule has 0 aliphatic carbocycles. The quantitative estimate of drug-likeness (QED) is 0.686. The monoisotopic (exact) mass is 345 g/mol. The highest BCUT2D eigenvalue weighted by molar-refractivity contribution is 5.73. The third-order valence-electron chi connectivity index (χ3n) is 4.41. The van der Waals surface area contributed by atoms with Gasteiger partial charge >= 0.3 is 6.03 Å². The Morgan fingerprint density at radius 2 is 1.88 bits per heavy atom. The summed E-state index contributed by atoms with van der Waals surface area (Å²) in [5.74, 6) is 0.579. The van der Waals surface area contributed by atoms with E-state index in [9.17, 15) is 9.90 Å². The van der Waals surface area contributed by atoms with E-state index in [1.807, 2.05) is 45.0 Å². The predicted molar refractivity (Wildman–Crippen MR) is 97.3 cm³/mol. The minimum absolute atomic E-state index is 0.243. The van der Waals surface area contributed by atoms with Crippen LogP contribution in [0.5, 0.6) is 0 Å². The molecular formula is C19H27N3O3. The third-order valence-corrected chi connectivity index (χ3v) is 4.41. The first-order valence-electron chi connectivity index (χ1n) is 8.71. The molecule has 2 rings (SSSR count). The van der Waals surface area contributed by atoms with Crippen LogP contribution < -0.4 is 10.6 Å². The lowest BCUT2D eigenvalue weighted by molar-refractivity contribution is 0.0349. The largest absolute Gasteiger partial charge is 0.444 e. The summed E-state index contributed by atoms with van der Waals surface area (Å²) in [5.41, 5.74) is 2.06. The summed E-state index contributed by atoms with van der Waals surface area (Å²) >= 11 is 0. The molecule has 0 aliphatic heterocycles. The van der Waals surface area contributed by atoms with Gasteiger partial charge in [0.05, 0.1) is 11.3 Å². The Bertz CT molecular complexity index is 675. The number of benzene rings is 1. The highest BCUT2D eigenvalue weighted by atomic mass is 16.3. The smallest absolute Gasteiger partial charge is 0.314 e. The van der Waals surface area contributed by atoms with Gasteiger partial charge in [0.15, 0.2) is 0 Å². The van der Waals surface area contributed by atoms with E-state index in [4.69, 9.17) is 4.42 Å². The lowest BCUT2D eigenvalue weighted by atomic mass is 9.98. The van der Waals surface area contributed by atoms with Crippen LogP contribution in [0.4, 0.5) is 4.79 Å². The average Bonchev–Trinajstić information content (AvgIpc) is 3.09. The van der Waals surface area contributed by atoms with Gasteiger partial charge in [0.25, 0.3) is 0 Å². The molecule has 0 aliphatic rings. The van der Waals surface area contributed by atoms with Crippen LogP contribution >= 0.6 is 0 Å². The van der Waals surface area contributed by atoms with Crippen molar-refractivity contribution in [1.82, 2.24) is 15.6 Å². The van der Waals surface area contributed by atoms with E-state index in [0.29, 0.717) is 31.7 Å². The Labute approximate surface area is 148 Å². The van der Waals surface area contributed by atoms with Crippen LogP contribution in [0.15, 0.2) is 34.9 Å². The van der Waals surface area contributed by atoms with Crippen LogP contribution in [-0.2, 0) is 6.42 Å². The van der Waals surface area contributed by atoms with Gasteiger partial charge < -0.3 is 20.2 Å². The van der Waals surface area contributed by atoms with Crippen LogP contribution in [0.2, 0.25) is 0 Å². The number of hydrogen-bond acceptors (Lipinski definition) is 4. The predicted octanol–water partition coefficient (Wildman–Crippen LogP) is 3.04. The van der Waals surface area contributed by atoms with Crippen molar-refractivity contribution in [2.24, 2.45) is 0 Å². The van der Waals surface area contributed by atoms with Crippen LogP contribution in [0, 0.1) is 6.92 Å². The number of carbonyl (C=O) groups is 1. The van der Waals surface area contributed by atoms with Crippen molar-refractivity contribution in [2.75, 3.05) is 13.1 Å². The normalized spacial score (nSPS) is 11.4. The van der Waals surface area contributed by atoms with Crippen molar-refractivity contribution in [3.05, 3.63) is 41.8 Å². The molecule has 0 fully saturated rings. The maximum atomic E-state index is 11.8. The molecule has 3 N–H and O–H groups in total. The molecule has 0 spiro atoms. The van der Waals surface area contributed by atoms with E-state index in [0.717, 1.165) is 11.3 Å². The molecule has 2 amide bonds. The van der Waals surface area contributed by atoms with E-state index in [1.54, 1.807) is 6.26 Å². The van der Waals surface area contributed by atoms with Gasteiger partial charge in [-0.2, -0.15) is 0 Å². The first-order valence-corrected chi connectivity index (χ1v) is 8.71. The Hall–Kier alpha value is -2.34. The molecule has 0 unspecified atom stereocenters. The highest BCUT2D eigenvalue weighted by Gasteiger charge is 2.22. The SMILES string of the molecule is CCC(O)(CC)CNC(=O)NCCc1coc(-c2ccc(C)cc2)n1. The highest BCUT2D eigenvalue weighted by Crippen LogP contribution is 2.19. The maximum Gasteiger partial charge on any atom is 0.314 e. The molecule has 6 heteroatoms. The Balaban J connectivity index is 1.77. The lowest BCUT2D eigenvalue weighted by Gasteiger charge is -2.25. The van der Waals surface area contributed by atoms with Gasteiger partial charge in [0.1, 0.15) is 6.26 Å². The van der Waals surface area contributed by atoms with Gasteiger partial charge in [-0.25, -0.2) is 9.78 Å². The van der Waals surface area contributed by atoms with Crippen LogP contribution in [0.25, 0.3) is 11.5 Å². The van der Waals surface area contributed by atoms with Gasteiger partial charge in [-0.15, -0.1) is 0 Å². The number of hydrogen-bond donors (Lipinski definition) is 3. The second-order valence-electron chi connectivity index (χ2n) is 6.30. The van der Waals surface area contributed by atoms with E-state index in [1.165, 1.54) is 5.56 Å². The number of aryl methyl sites for hydroxylation is 1. The average molecular weight is 345 g/mol. The number of carbonyl (C=O) groups excluding carboxylic acids is 1. The molecule has 1 heterocycles.